The first-order chi connectivity index (χ1) is 5.54. The van der Waals surface area contributed by atoms with Gasteiger partial charge in [0.2, 0.25) is 0 Å². The maximum Gasteiger partial charge on any atom is 0.188 e. The lowest BCUT2D eigenvalue weighted by atomic mass is 10.2. The minimum absolute atomic E-state index is 0.0811. The maximum atomic E-state index is 11.6. The number of likely N-dealkylation sites (N-methyl/N-ethyl adjacent to an activating group) is 1. The number of nitrogens with zero attached hydrogens (tertiary/aromatic N) is 1. The second-order valence-electron chi connectivity index (χ2n) is 2.85. The number of thioether (sulfide) groups is 1. The first kappa shape index (κ1) is 11.9. The Morgan fingerprint density at radius 1 is 1.50 bits per heavy atom. The lowest BCUT2D eigenvalue weighted by Gasteiger charge is -2.22. The summed E-state index contributed by atoms with van der Waals surface area (Å²) in [4.78, 5) is 13.4. The normalized spacial score (nSPS) is 16.2. The first-order valence-electron chi connectivity index (χ1n) is 3.80. The van der Waals surface area contributed by atoms with E-state index in [-0.39, 0.29) is 17.3 Å². The van der Waals surface area contributed by atoms with E-state index in [0.717, 1.165) is 0 Å². The third-order valence-corrected chi connectivity index (χ3v) is 2.70. The van der Waals surface area contributed by atoms with Crippen molar-refractivity contribution in [2.24, 2.45) is 0 Å². The Hall–Kier alpha value is -0.0600. The number of ether oxygens (including phenoxy) is 1. The molecule has 72 valence electrons. The monoisotopic (exact) mass is 191 g/mol. The molecule has 2 atom stereocenters. The molecule has 0 aromatic heterocycles. The molecule has 0 spiro atoms. The second kappa shape index (κ2) is 5.56. The molecular formula is C8H17NO2S. The highest BCUT2D eigenvalue weighted by molar-refractivity contribution is 7.99. The standard InChI is InChI=1S/C8H17NO2S/c1-6(9(2)3)7(10)8(11-4)12-5/h6,8H,1-5H3. The van der Waals surface area contributed by atoms with Crippen LogP contribution in [0.25, 0.3) is 0 Å². The number of hydrogen-bond donors (Lipinski definition) is 0. The Morgan fingerprint density at radius 3 is 2.25 bits per heavy atom. The molecule has 0 N–H and O–H groups in total. The number of rotatable bonds is 5. The third kappa shape index (κ3) is 3.13. The highest BCUT2D eigenvalue weighted by Gasteiger charge is 2.23. The molecule has 0 aliphatic heterocycles. The van der Waals surface area contributed by atoms with Crippen LogP contribution in [0.4, 0.5) is 0 Å². The molecular weight excluding hydrogens is 174 g/mol. The van der Waals surface area contributed by atoms with Crippen molar-refractivity contribution < 1.29 is 9.53 Å². The number of methoxy groups -OCH3 is 1. The van der Waals surface area contributed by atoms with Crippen LogP contribution in [0.2, 0.25) is 0 Å². The van der Waals surface area contributed by atoms with E-state index in [1.54, 1.807) is 7.11 Å². The topological polar surface area (TPSA) is 29.5 Å². The highest BCUT2D eigenvalue weighted by Crippen LogP contribution is 2.11. The fourth-order valence-electron chi connectivity index (χ4n) is 0.780. The largest absolute Gasteiger partial charge is 0.363 e. The Morgan fingerprint density at radius 2 is 2.00 bits per heavy atom. The molecule has 12 heavy (non-hydrogen) atoms. The minimum atomic E-state index is -0.331. The summed E-state index contributed by atoms with van der Waals surface area (Å²) in [5.74, 6) is 0.120. The van der Waals surface area contributed by atoms with Gasteiger partial charge < -0.3 is 4.74 Å². The molecule has 0 aromatic rings. The summed E-state index contributed by atoms with van der Waals surface area (Å²) in [5.41, 5.74) is -0.331. The van der Waals surface area contributed by atoms with Crippen molar-refractivity contribution in [3.8, 4) is 0 Å². The molecule has 0 saturated heterocycles. The molecule has 0 fully saturated rings. The third-order valence-electron chi connectivity index (χ3n) is 1.85. The number of Topliss-reactive ketones (excluding diaryl/α,β-unsaturated/α-hetero) is 1. The van der Waals surface area contributed by atoms with E-state index in [0.29, 0.717) is 0 Å². The zero-order chi connectivity index (χ0) is 9.72. The van der Waals surface area contributed by atoms with Gasteiger partial charge >= 0.3 is 0 Å². The van der Waals surface area contributed by atoms with Crippen molar-refractivity contribution in [2.75, 3.05) is 27.5 Å². The Bertz CT molecular complexity index is 142. The fourth-order valence-corrected chi connectivity index (χ4v) is 1.40. The second-order valence-corrected chi connectivity index (χ2v) is 3.74. The molecule has 2 unspecified atom stereocenters. The average Bonchev–Trinajstić information content (AvgIpc) is 2.05. The number of carbonyl (C=O) groups is 1. The van der Waals surface area contributed by atoms with Crippen LogP contribution in [0.3, 0.4) is 0 Å². The predicted molar refractivity (Wildman–Crippen MR) is 52.5 cm³/mol. The van der Waals surface area contributed by atoms with E-state index >= 15 is 0 Å². The lowest BCUT2D eigenvalue weighted by molar-refractivity contribution is -0.128. The number of ketones is 1. The molecule has 0 radical (unpaired) electrons. The predicted octanol–water partition coefficient (Wildman–Crippen LogP) is 0.841. The molecule has 0 aromatic carbocycles. The smallest absolute Gasteiger partial charge is 0.188 e. The van der Waals surface area contributed by atoms with Crippen LogP contribution >= 0.6 is 11.8 Å². The highest BCUT2D eigenvalue weighted by atomic mass is 32.2. The molecule has 0 rings (SSSR count). The van der Waals surface area contributed by atoms with E-state index in [1.807, 2.05) is 32.2 Å². The molecule has 0 bridgehead atoms. The van der Waals surface area contributed by atoms with Crippen molar-refractivity contribution in [3.63, 3.8) is 0 Å². The Kier molecular flexibility index (Phi) is 5.53. The van der Waals surface area contributed by atoms with Gasteiger partial charge in [-0.1, -0.05) is 0 Å². The molecule has 0 aliphatic carbocycles. The van der Waals surface area contributed by atoms with Crippen molar-refractivity contribution in [3.05, 3.63) is 0 Å². The fraction of sp³-hybridized carbons (Fsp3) is 0.875. The van der Waals surface area contributed by atoms with Crippen LogP contribution in [0.1, 0.15) is 6.92 Å². The molecule has 0 aliphatic rings. The molecule has 0 heterocycles. The summed E-state index contributed by atoms with van der Waals surface area (Å²) in [5, 5.41) is 0. The quantitative estimate of drug-likeness (QED) is 0.602. The summed E-state index contributed by atoms with van der Waals surface area (Å²) >= 11 is 1.43. The SMILES string of the molecule is COC(SC)C(=O)C(C)N(C)C. The van der Waals surface area contributed by atoms with E-state index in [1.165, 1.54) is 11.8 Å². The first-order valence-corrected chi connectivity index (χ1v) is 5.09. The maximum absolute atomic E-state index is 11.6. The van der Waals surface area contributed by atoms with Crippen LogP contribution in [0, 0.1) is 0 Å². The van der Waals surface area contributed by atoms with Crippen molar-refractivity contribution in [2.45, 2.75) is 18.4 Å². The van der Waals surface area contributed by atoms with E-state index in [9.17, 15) is 4.79 Å². The Labute approximate surface area is 78.5 Å². The van der Waals surface area contributed by atoms with Gasteiger partial charge in [-0.15, -0.1) is 11.8 Å². The molecule has 0 saturated carbocycles. The van der Waals surface area contributed by atoms with Gasteiger partial charge in [-0.3, -0.25) is 9.69 Å². The van der Waals surface area contributed by atoms with Crippen molar-refractivity contribution in [1.29, 1.82) is 0 Å². The van der Waals surface area contributed by atoms with Crippen LogP contribution in [-0.2, 0) is 9.53 Å². The summed E-state index contributed by atoms with van der Waals surface area (Å²) in [6.07, 6.45) is 1.87. The summed E-state index contributed by atoms with van der Waals surface area (Å²) in [7, 11) is 5.33. The van der Waals surface area contributed by atoms with Crippen molar-refractivity contribution in [1.82, 2.24) is 4.90 Å². The Balaban J connectivity index is 4.16. The van der Waals surface area contributed by atoms with Crippen LogP contribution in [-0.4, -0.2) is 49.6 Å². The van der Waals surface area contributed by atoms with Gasteiger partial charge in [0.25, 0.3) is 0 Å². The van der Waals surface area contributed by atoms with E-state index < -0.39 is 0 Å². The van der Waals surface area contributed by atoms with E-state index in [4.69, 9.17) is 4.74 Å². The zero-order valence-electron chi connectivity index (χ0n) is 8.33. The van der Waals surface area contributed by atoms with Gasteiger partial charge in [-0.2, -0.15) is 0 Å². The van der Waals surface area contributed by atoms with Crippen LogP contribution in [0.15, 0.2) is 0 Å². The zero-order valence-corrected chi connectivity index (χ0v) is 9.14. The van der Waals surface area contributed by atoms with Gasteiger partial charge in [-0.05, 0) is 27.3 Å². The molecule has 3 nitrogen and oxygen atoms in total. The summed E-state index contributed by atoms with van der Waals surface area (Å²) in [6.45, 7) is 1.88. The summed E-state index contributed by atoms with van der Waals surface area (Å²) < 4.78 is 5.02. The molecule has 0 amide bonds. The van der Waals surface area contributed by atoms with Gasteiger partial charge in [-0.25, -0.2) is 0 Å². The van der Waals surface area contributed by atoms with Gasteiger partial charge in [0.15, 0.2) is 11.2 Å². The average molecular weight is 191 g/mol. The van der Waals surface area contributed by atoms with E-state index in [2.05, 4.69) is 0 Å². The number of hydrogen-bond acceptors (Lipinski definition) is 4. The van der Waals surface area contributed by atoms with Gasteiger partial charge in [0.05, 0.1) is 6.04 Å². The van der Waals surface area contributed by atoms with Crippen LogP contribution in [0.5, 0.6) is 0 Å². The lowest BCUT2D eigenvalue weighted by Crippen LogP contribution is -2.39. The van der Waals surface area contributed by atoms with Crippen LogP contribution < -0.4 is 0 Å². The van der Waals surface area contributed by atoms with Crippen molar-refractivity contribution >= 4 is 17.5 Å². The van der Waals surface area contributed by atoms with Gasteiger partial charge in [0, 0.05) is 7.11 Å². The van der Waals surface area contributed by atoms with Gasteiger partial charge in [0.1, 0.15) is 0 Å². The number of carbonyl (C=O) groups excluding carboxylic acids is 1. The summed E-state index contributed by atoms with van der Waals surface area (Å²) in [6, 6.07) is -0.0811. The minimum Gasteiger partial charge on any atom is -0.363 e. The molecule has 4 heteroatoms.